The van der Waals surface area contributed by atoms with Crippen LogP contribution in [0.1, 0.15) is 66.7 Å². The van der Waals surface area contributed by atoms with Gasteiger partial charge in [-0.15, -0.1) is 0 Å². The summed E-state index contributed by atoms with van der Waals surface area (Å²) in [6.07, 6.45) is 0. The van der Waals surface area contributed by atoms with E-state index in [1.165, 1.54) is 19.2 Å². The standard InChI is InChI=1S/C23H24N2O7/c1-11(2)19(25-20(27)14-8-6-7-9-15(14)21(25)28)23(30)32-10-16(26)18-12(3)17(13(4)24-18)22(29)31-5/h6-9,11,19,24H,10H2,1-5H3/t19-/m0/s1. The first-order chi connectivity index (χ1) is 15.1. The first kappa shape index (κ1) is 22.9. The maximum absolute atomic E-state index is 12.9. The van der Waals surface area contributed by atoms with Gasteiger partial charge in [-0.05, 0) is 37.5 Å². The van der Waals surface area contributed by atoms with Gasteiger partial charge in [0.25, 0.3) is 11.8 Å². The van der Waals surface area contributed by atoms with Crippen molar-refractivity contribution in [3.8, 4) is 0 Å². The Hall–Kier alpha value is -3.75. The highest BCUT2D eigenvalue weighted by molar-refractivity contribution is 6.22. The molecule has 1 atom stereocenters. The van der Waals surface area contributed by atoms with Crippen LogP contribution in [0.3, 0.4) is 0 Å². The van der Waals surface area contributed by atoms with Gasteiger partial charge in [0.1, 0.15) is 6.04 Å². The fourth-order valence-corrected chi connectivity index (χ4v) is 3.87. The summed E-state index contributed by atoms with van der Waals surface area (Å²) in [5.74, 6) is -3.61. The molecule has 2 heterocycles. The topological polar surface area (TPSA) is 123 Å². The summed E-state index contributed by atoms with van der Waals surface area (Å²) in [5.41, 5.74) is 1.65. The molecule has 32 heavy (non-hydrogen) atoms. The molecule has 0 saturated heterocycles. The molecule has 1 aliphatic heterocycles. The zero-order chi connectivity index (χ0) is 23.7. The van der Waals surface area contributed by atoms with Gasteiger partial charge in [-0.1, -0.05) is 26.0 Å². The number of amides is 2. The number of rotatable bonds is 7. The van der Waals surface area contributed by atoms with Gasteiger partial charge in [-0.3, -0.25) is 19.3 Å². The van der Waals surface area contributed by atoms with E-state index < -0.39 is 48.1 Å². The minimum atomic E-state index is -1.19. The molecular formula is C23H24N2O7. The molecule has 0 fully saturated rings. The summed E-state index contributed by atoms with van der Waals surface area (Å²) in [4.78, 5) is 66.7. The molecule has 9 nitrogen and oxygen atoms in total. The van der Waals surface area contributed by atoms with Gasteiger partial charge in [0.05, 0.1) is 29.5 Å². The van der Waals surface area contributed by atoms with Gasteiger partial charge >= 0.3 is 11.9 Å². The van der Waals surface area contributed by atoms with E-state index in [0.29, 0.717) is 11.3 Å². The normalized spacial score (nSPS) is 13.9. The van der Waals surface area contributed by atoms with E-state index >= 15 is 0 Å². The molecule has 0 unspecified atom stereocenters. The fourth-order valence-electron chi connectivity index (χ4n) is 3.87. The van der Waals surface area contributed by atoms with Gasteiger partial charge in [-0.25, -0.2) is 9.59 Å². The zero-order valence-corrected chi connectivity index (χ0v) is 18.5. The van der Waals surface area contributed by atoms with Gasteiger partial charge in [0.15, 0.2) is 6.61 Å². The number of aromatic nitrogens is 1. The van der Waals surface area contributed by atoms with Crippen molar-refractivity contribution < 1.29 is 33.4 Å². The van der Waals surface area contributed by atoms with Gasteiger partial charge in [-0.2, -0.15) is 0 Å². The minimum Gasteiger partial charge on any atom is -0.465 e. The summed E-state index contributed by atoms with van der Waals surface area (Å²) >= 11 is 0. The van der Waals surface area contributed by atoms with Crippen molar-refractivity contribution in [1.29, 1.82) is 0 Å². The molecule has 3 rings (SSSR count). The van der Waals surface area contributed by atoms with Crippen LogP contribution in [0.25, 0.3) is 0 Å². The lowest BCUT2D eigenvalue weighted by molar-refractivity contribution is -0.148. The number of carbonyl (C=O) groups excluding carboxylic acids is 5. The SMILES string of the molecule is COC(=O)c1c(C)[nH]c(C(=O)COC(=O)[C@H](C(C)C)N2C(=O)c3ccccc3C2=O)c1C. The Balaban J connectivity index is 1.78. The van der Waals surface area contributed by atoms with E-state index in [2.05, 4.69) is 4.98 Å². The first-order valence-electron chi connectivity index (χ1n) is 10.0. The largest absolute Gasteiger partial charge is 0.465 e. The second kappa shape index (κ2) is 8.78. The number of ether oxygens (including phenoxy) is 2. The molecular weight excluding hydrogens is 416 g/mol. The van der Waals surface area contributed by atoms with E-state index in [9.17, 15) is 24.0 Å². The molecule has 1 aromatic carbocycles. The van der Waals surface area contributed by atoms with Gasteiger partial charge in [0, 0.05) is 5.69 Å². The lowest BCUT2D eigenvalue weighted by Gasteiger charge is -2.27. The van der Waals surface area contributed by atoms with Crippen LogP contribution < -0.4 is 0 Å². The lowest BCUT2D eigenvalue weighted by atomic mass is 10.0. The van der Waals surface area contributed by atoms with Crippen LogP contribution in [0, 0.1) is 19.8 Å². The highest BCUT2D eigenvalue weighted by atomic mass is 16.5. The number of nitrogens with one attached hydrogen (secondary N) is 1. The number of fused-ring (bicyclic) bond motifs is 1. The van der Waals surface area contributed by atoms with Crippen molar-refractivity contribution in [2.24, 2.45) is 5.92 Å². The van der Waals surface area contributed by atoms with Crippen LogP contribution in [0.15, 0.2) is 24.3 Å². The van der Waals surface area contributed by atoms with Crippen molar-refractivity contribution in [2.45, 2.75) is 33.7 Å². The monoisotopic (exact) mass is 440 g/mol. The third-order valence-corrected chi connectivity index (χ3v) is 5.43. The smallest absolute Gasteiger partial charge is 0.339 e. The number of aromatic amines is 1. The predicted molar refractivity (Wildman–Crippen MR) is 112 cm³/mol. The van der Waals surface area contributed by atoms with Crippen molar-refractivity contribution in [3.63, 3.8) is 0 Å². The maximum atomic E-state index is 12.9. The third-order valence-electron chi connectivity index (χ3n) is 5.43. The van der Waals surface area contributed by atoms with E-state index in [1.807, 2.05) is 0 Å². The molecule has 1 aromatic heterocycles. The number of H-pyrrole nitrogens is 1. The third kappa shape index (κ3) is 3.81. The number of hydrogen-bond acceptors (Lipinski definition) is 7. The predicted octanol–water partition coefficient (Wildman–Crippen LogP) is 2.46. The van der Waals surface area contributed by atoms with Crippen molar-refractivity contribution in [3.05, 3.63) is 57.9 Å². The zero-order valence-electron chi connectivity index (χ0n) is 18.5. The molecule has 1 N–H and O–H groups in total. The second-order valence-corrected chi connectivity index (χ2v) is 7.86. The Morgan fingerprint density at radius 2 is 1.59 bits per heavy atom. The Kier molecular flexibility index (Phi) is 6.29. The molecule has 9 heteroatoms. The summed E-state index contributed by atoms with van der Waals surface area (Å²) < 4.78 is 9.94. The fraction of sp³-hybridized carbons (Fsp3) is 0.348. The molecule has 0 aliphatic carbocycles. The Morgan fingerprint density at radius 3 is 2.09 bits per heavy atom. The minimum absolute atomic E-state index is 0.123. The number of carbonyl (C=O) groups is 5. The van der Waals surface area contributed by atoms with E-state index in [-0.39, 0.29) is 22.4 Å². The van der Waals surface area contributed by atoms with Crippen molar-refractivity contribution >= 4 is 29.5 Å². The molecule has 1 aliphatic rings. The van der Waals surface area contributed by atoms with Crippen LogP contribution in [-0.2, 0) is 14.3 Å². The van der Waals surface area contributed by atoms with Crippen LogP contribution in [0.4, 0.5) is 0 Å². The number of esters is 2. The summed E-state index contributed by atoms with van der Waals surface area (Å²) in [5, 5.41) is 0. The van der Waals surface area contributed by atoms with E-state index in [4.69, 9.17) is 9.47 Å². The average molecular weight is 440 g/mol. The Labute approximate surface area is 184 Å². The number of hydrogen-bond donors (Lipinski definition) is 1. The number of ketones is 1. The van der Waals surface area contributed by atoms with Gasteiger partial charge in [0.2, 0.25) is 5.78 Å². The van der Waals surface area contributed by atoms with Crippen LogP contribution in [0.2, 0.25) is 0 Å². The van der Waals surface area contributed by atoms with Crippen molar-refractivity contribution in [1.82, 2.24) is 9.88 Å². The van der Waals surface area contributed by atoms with Crippen LogP contribution in [-0.4, -0.2) is 59.2 Å². The molecule has 2 aromatic rings. The van der Waals surface area contributed by atoms with E-state index in [1.54, 1.807) is 39.8 Å². The average Bonchev–Trinajstić information content (AvgIpc) is 3.19. The second-order valence-electron chi connectivity index (χ2n) is 7.86. The first-order valence-corrected chi connectivity index (χ1v) is 10.0. The molecule has 0 spiro atoms. The maximum Gasteiger partial charge on any atom is 0.339 e. The highest BCUT2D eigenvalue weighted by Crippen LogP contribution is 2.28. The quantitative estimate of drug-likeness (QED) is 0.399. The molecule has 0 saturated carbocycles. The number of methoxy groups -OCH3 is 1. The molecule has 168 valence electrons. The summed E-state index contributed by atoms with van der Waals surface area (Å²) in [6.45, 7) is 5.95. The number of Topliss-reactive ketones (excluding diaryl/α,β-unsaturated/α-hetero) is 1. The van der Waals surface area contributed by atoms with Crippen molar-refractivity contribution in [2.75, 3.05) is 13.7 Å². The Bertz CT molecular complexity index is 1090. The number of benzene rings is 1. The number of imide groups is 1. The summed E-state index contributed by atoms with van der Waals surface area (Å²) in [6, 6.07) is 5.14. The van der Waals surface area contributed by atoms with Gasteiger partial charge < -0.3 is 14.5 Å². The lowest BCUT2D eigenvalue weighted by Crippen LogP contribution is -2.49. The number of nitrogens with zero attached hydrogens (tertiary/aromatic N) is 1. The molecule has 2 amide bonds. The van der Waals surface area contributed by atoms with Crippen LogP contribution >= 0.6 is 0 Å². The Morgan fingerprint density at radius 1 is 1.03 bits per heavy atom. The molecule has 0 bridgehead atoms. The molecule has 0 radical (unpaired) electrons. The highest BCUT2D eigenvalue weighted by Gasteiger charge is 2.44. The van der Waals surface area contributed by atoms with E-state index in [0.717, 1.165) is 4.90 Å². The van der Waals surface area contributed by atoms with Crippen LogP contribution in [0.5, 0.6) is 0 Å². The number of aryl methyl sites for hydroxylation is 1. The summed E-state index contributed by atoms with van der Waals surface area (Å²) in [7, 11) is 1.24.